The molecule has 1 saturated heterocycles. The Morgan fingerprint density at radius 2 is 1.33 bits per heavy atom. The summed E-state index contributed by atoms with van der Waals surface area (Å²) in [6.07, 6.45) is -30.3. The van der Waals surface area contributed by atoms with E-state index in [-0.39, 0.29) is 6.61 Å². The van der Waals surface area contributed by atoms with Gasteiger partial charge in [0.1, 0.15) is 0 Å². The minimum Gasteiger partial charge on any atom is -0.431 e. The fraction of sp³-hybridized carbons (Fsp3) is 0.750. The van der Waals surface area contributed by atoms with Crippen molar-refractivity contribution in [2.45, 2.75) is 49.0 Å². The molecular formula is C12H7F13O5. The van der Waals surface area contributed by atoms with Crippen LogP contribution in [0.25, 0.3) is 0 Å². The molecule has 1 heterocycles. The molecule has 0 amide bonds. The summed E-state index contributed by atoms with van der Waals surface area (Å²) in [6.45, 7) is 1.40. The largest absolute Gasteiger partial charge is 0.460 e. The van der Waals surface area contributed by atoms with Gasteiger partial charge in [-0.3, -0.25) is 9.47 Å². The van der Waals surface area contributed by atoms with Gasteiger partial charge in [-0.25, -0.2) is 9.18 Å². The lowest BCUT2D eigenvalue weighted by Gasteiger charge is -2.38. The highest BCUT2D eigenvalue weighted by Crippen LogP contribution is 2.53. The van der Waals surface area contributed by atoms with Gasteiger partial charge in [-0.2, -0.15) is 52.7 Å². The van der Waals surface area contributed by atoms with E-state index in [0.29, 0.717) is 0 Å². The SMILES string of the molecule is C=C(F)C(F)(F)OC(F)(C(F)(F)F)C(F)(F)OC(F)(C(=O)OC1CCO1)C(F)(F)F. The van der Waals surface area contributed by atoms with Crippen LogP contribution in [0.1, 0.15) is 6.42 Å². The average Bonchev–Trinajstić information content (AvgIpc) is 2.46. The zero-order chi connectivity index (χ0) is 24.0. The van der Waals surface area contributed by atoms with Gasteiger partial charge in [0, 0.05) is 6.42 Å². The third kappa shape index (κ3) is 4.74. The van der Waals surface area contributed by atoms with E-state index in [1.807, 2.05) is 4.74 Å². The molecule has 3 unspecified atom stereocenters. The summed E-state index contributed by atoms with van der Waals surface area (Å²) in [6, 6.07) is 0. The van der Waals surface area contributed by atoms with Gasteiger partial charge in [0.25, 0.3) is 0 Å². The zero-order valence-corrected chi connectivity index (χ0v) is 13.7. The number of esters is 1. The van der Waals surface area contributed by atoms with Crippen LogP contribution in [0.3, 0.4) is 0 Å². The maximum absolute atomic E-state index is 14.0. The molecule has 176 valence electrons. The fourth-order valence-electron chi connectivity index (χ4n) is 1.47. The summed E-state index contributed by atoms with van der Waals surface area (Å²) >= 11 is 0. The topological polar surface area (TPSA) is 54.0 Å². The van der Waals surface area contributed by atoms with Gasteiger partial charge in [0.05, 0.1) is 6.61 Å². The van der Waals surface area contributed by atoms with Gasteiger partial charge in [0.15, 0.2) is 5.83 Å². The van der Waals surface area contributed by atoms with Crippen molar-refractivity contribution < 1.29 is 80.8 Å². The quantitative estimate of drug-likeness (QED) is 0.382. The van der Waals surface area contributed by atoms with E-state index in [9.17, 15) is 61.9 Å². The molecule has 1 fully saturated rings. The van der Waals surface area contributed by atoms with E-state index in [0.717, 1.165) is 0 Å². The van der Waals surface area contributed by atoms with Crippen LogP contribution >= 0.6 is 0 Å². The normalized spacial score (nSPS) is 22.5. The Bertz CT molecular complexity index is 670. The third-order valence-corrected chi connectivity index (χ3v) is 3.12. The maximum Gasteiger partial charge on any atom is 0.460 e. The minimum absolute atomic E-state index is 0.266. The van der Waals surface area contributed by atoms with Crippen LogP contribution in [0.4, 0.5) is 57.1 Å². The molecule has 1 aliphatic rings. The highest BCUT2D eigenvalue weighted by atomic mass is 19.4. The standard InChI is InChI=1S/C12H7F13O5/c1-4(13)8(15,16)30-9(17,11(21,22)23)12(24,25)29-7(14,10(18,19)20)6(26)28-5-2-3-27-5/h5H,1-3H2. The van der Waals surface area contributed by atoms with E-state index in [1.54, 1.807) is 6.58 Å². The van der Waals surface area contributed by atoms with Crippen LogP contribution in [0.15, 0.2) is 12.4 Å². The molecule has 0 N–H and O–H groups in total. The number of halogens is 13. The van der Waals surface area contributed by atoms with Crippen LogP contribution in [-0.2, 0) is 23.7 Å². The molecule has 18 heteroatoms. The number of ether oxygens (including phenoxy) is 4. The average molecular weight is 478 g/mol. The van der Waals surface area contributed by atoms with Crippen molar-refractivity contribution in [1.82, 2.24) is 0 Å². The van der Waals surface area contributed by atoms with E-state index in [4.69, 9.17) is 0 Å². The van der Waals surface area contributed by atoms with Gasteiger partial charge in [-0.15, -0.1) is 0 Å². The molecule has 30 heavy (non-hydrogen) atoms. The second-order valence-corrected chi connectivity index (χ2v) is 5.32. The molecular weight excluding hydrogens is 471 g/mol. The molecule has 5 nitrogen and oxygen atoms in total. The van der Waals surface area contributed by atoms with Crippen molar-refractivity contribution in [1.29, 1.82) is 0 Å². The van der Waals surface area contributed by atoms with Crippen molar-refractivity contribution in [3.63, 3.8) is 0 Å². The maximum atomic E-state index is 14.0. The Balaban J connectivity index is 3.42. The summed E-state index contributed by atoms with van der Waals surface area (Å²) < 4.78 is 181. The highest BCUT2D eigenvalue weighted by molar-refractivity contribution is 5.79. The lowest BCUT2D eigenvalue weighted by Crippen LogP contribution is -2.66. The van der Waals surface area contributed by atoms with Crippen molar-refractivity contribution >= 4 is 5.97 Å². The number of rotatable bonds is 8. The van der Waals surface area contributed by atoms with E-state index in [2.05, 4.69) is 14.2 Å². The molecule has 0 aromatic carbocycles. The number of carbonyl (C=O) groups excluding carboxylic acids is 1. The summed E-state index contributed by atoms with van der Waals surface area (Å²) in [7, 11) is 0. The van der Waals surface area contributed by atoms with Crippen molar-refractivity contribution in [2.24, 2.45) is 0 Å². The first kappa shape index (κ1) is 26.2. The van der Waals surface area contributed by atoms with Gasteiger partial charge < -0.3 is 9.47 Å². The van der Waals surface area contributed by atoms with E-state index in [1.165, 1.54) is 0 Å². The highest BCUT2D eigenvalue weighted by Gasteiger charge is 2.82. The van der Waals surface area contributed by atoms with E-state index >= 15 is 0 Å². The first-order valence-corrected chi connectivity index (χ1v) is 6.95. The number of alkyl halides is 12. The Hall–Kier alpha value is -1.82. The molecule has 0 spiro atoms. The minimum atomic E-state index is -7.40. The number of carbonyl (C=O) groups is 1. The Kier molecular flexibility index (Phi) is 6.73. The lowest BCUT2D eigenvalue weighted by atomic mass is 10.2. The Morgan fingerprint density at radius 3 is 1.63 bits per heavy atom. The molecule has 3 atom stereocenters. The second kappa shape index (κ2) is 7.70. The van der Waals surface area contributed by atoms with Gasteiger partial charge in [0.2, 0.25) is 6.29 Å². The number of hydrogen-bond acceptors (Lipinski definition) is 5. The monoisotopic (exact) mass is 478 g/mol. The zero-order valence-electron chi connectivity index (χ0n) is 13.7. The van der Waals surface area contributed by atoms with Crippen LogP contribution in [-0.4, -0.2) is 55.1 Å². The molecule has 0 aliphatic carbocycles. The van der Waals surface area contributed by atoms with Crippen molar-refractivity contribution in [3.8, 4) is 0 Å². The molecule has 0 aromatic heterocycles. The summed E-state index contributed by atoms with van der Waals surface area (Å²) in [5, 5.41) is 0. The fourth-order valence-corrected chi connectivity index (χ4v) is 1.47. The molecule has 0 radical (unpaired) electrons. The van der Waals surface area contributed by atoms with Crippen LogP contribution < -0.4 is 0 Å². The summed E-state index contributed by atoms with van der Waals surface area (Å²) in [4.78, 5) is 11.2. The van der Waals surface area contributed by atoms with Crippen LogP contribution in [0.2, 0.25) is 0 Å². The van der Waals surface area contributed by atoms with Gasteiger partial charge in [-0.05, 0) is 0 Å². The summed E-state index contributed by atoms with van der Waals surface area (Å²) in [5.74, 6) is -20.6. The molecule has 1 aliphatic heterocycles. The van der Waals surface area contributed by atoms with Crippen molar-refractivity contribution in [3.05, 3.63) is 12.4 Å². The second-order valence-electron chi connectivity index (χ2n) is 5.32. The molecule has 0 saturated carbocycles. The first-order chi connectivity index (χ1) is 13.1. The van der Waals surface area contributed by atoms with Crippen LogP contribution in [0.5, 0.6) is 0 Å². The van der Waals surface area contributed by atoms with Crippen LogP contribution in [0, 0.1) is 0 Å². The van der Waals surface area contributed by atoms with Gasteiger partial charge >= 0.3 is 42.2 Å². The number of hydrogen-bond donors (Lipinski definition) is 0. The third-order valence-electron chi connectivity index (χ3n) is 3.12. The Morgan fingerprint density at radius 1 is 0.867 bits per heavy atom. The molecule has 0 bridgehead atoms. The predicted octanol–water partition coefficient (Wildman–Crippen LogP) is 4.43. The first-order valence-electron chi connectivity index (χ1n) is 6.95. The lowest BCUT2D eigenvalue weighted by molar-refractivity contribution is -0.522. The predicted molar refractivity (Wildman–Crippen MR) is 62.5 cm³/mol. The molecule has 1 rings (SSSR count). The van der Waals surface area contributed by atoms with E-state index < -0.39 is 60.8 Å². The summed E-state index contributed by atoms with van der Waals surface area (Å²) in [5.41, 5.74) is 0. The Labute approximate surface area is 156 Å². The smallest absolute Gasteiger partial charge is 0.431 e. The van der Waals surface area contributed by atoms with Gasteiger partial charge in [-0.1, -0.05) is 6.58 Å². The molecule has 0 aromatic rings. The van der Waals surface area contributed by atoms with Crippen molar-refractivity contribution in [2.75, 3.05) is 6.61 Å².